The van der Waals surface area contributed by atoms with E-state index in [2.05, 4.69) is 26.0 Å². The molecule has 0 spiro atoms. The Morgan fingerprint density at radius 1 is 1.00 bits per heavy atom. The Hall–Kier alpha value is -1.80. The number of aliphatic hydroxyl groups excluding tert-OH is 1. The van der Waals surface area contributed by atoms with Gasteiger partial charge in [-0.25, -0.2) is 0 Å². The first-order valence-corrected chi connectivity index (χ1v) is 7.42. The van der Waals surface area contributed by atoms with Crippen LogP contribution in [0.3, 0.4) is 0 Å². The first kappa shape index (κ1) is 15.6. The Morgan fingerprint density at radius 2 is 1.62 bits per heavy atom. The number of hydrogen-bond donors (Lipinski definition) is 1. The summed E-state index contributed by atoms with van der Waals surface area (Å²) >= 11 is 0. The molecule has 2 aromatic rings. The molecule has 0 radical (unpaired) electrons. The molecule has 0 aromatic heterocycles. The summed E-state index contributed by atoms with van der Waals surface area (Å²) in [6, 6.07) is 14.1. The van der Waals surface area contributed by atoms with Gasteiger partial charge in [0.05, 0.1) is 7.11 Å². The zero-order valence-corrected chi connectivity index (χ0v) is 13.3. The summed E-state index contributed by atoms with van der Waals surface area (Å²) in [6.45, 7) is 6.42. The van der Waals surface area contributed by atoms with E-state index in [9.17, 15) is 5.11 Å². The highest BCUT2D eigenvalue weighted by Gasteiger charge is 2.12. The molecule has 2 rings (SSSR count). The van der Waals surface area contributed by atoms with E-state index in [1.165, 1.54) is 5.56 Å². The van der Waals surface area contributed by atoms with Crippen molar-refractivity contribution < 1.29 is 9.84 Å². The van der Waals surface area contributed by atoms with Crippen LogP contribution in [0, 0.1) is 12.8 Å². The van der Waals surface area contributed by atoms with E-state index in [4.69, 9.17) is 4.74 Å². The molecule has 0 saturated heterocycles. The van der Waals surface area contributed by atoms with Gasteiger partial charge in [0.15, 0.2) is 0 Å². The zero-order valence-electron chi connectivity index (χ0n) is 13.3. The second-order valence-electron chi connectivity index (χ2n) is 5.97. The molecular formula is C19H24O2. The molecule has 0 aliphatic heterocycles. The molecule has 2 nitrogen and oxygen atoms in total. The van der Waals surface area contributed by atoms with Crippen LogP contribution in [0.4, 0.5) is 0 Å². The van der Waals surface area contributed by atoms with Gasteiger partial charge in [-0.05, 0) is 47.6 Å². The lowest BCUT2D eigenvalue weighted by Crippen LogP contribution is -2.01. The van der Waals surface area contributed by atoms with Gasteiger partial charge in [-0.3, -0.25) is 0 Å². The average Bonchev–Trinajstić information content (AvgIpc) is 2.47. The van der Waals surface area contributed by atoms with Crippen LogP contribution in [-0.2, 0) is 6.42 Å². The van der Waals surface area contributed by atoms with Crippen LogP contribution < -0.4 is 4.74 Å². The second-order valence-corrected chi connectivity index (χ2v) is 5.97. The Labute approximate surface area is 127 Å². The third kappa shape index (κ3) is 3.85. The number of hydrogen-bond acceptors (Lipinski definition) is 2. The molecule has 0 aliphatic carbocycles. The van der Waals surface area contributed by atoms with Gasteiger partial charge in [0.1, 0.15) is 11.9 Å². The third-order valence-corrected chi connectivity index (χ3v) is 3.69. The van der Waals surface area contributed by atoms with E-state index < -0.39 is 6.10 Å². The summed E-state index contributed by atoms with van der Waals surface area (Å²) in [5.41, 5.74) is 4.14. The molecule has 112 valence electrons. The first-order valence-electron chi connectivity index (χ1n) is 7.42. The lowest BCUT2D eigenvalue weighted by Gasteiger charge is -2.15. The van der Waals surface area contributed by atoms with Crippen molar-refractivity contribution in [3.63, 3.8) is 0 Å². The lowest BCUT2D eigenvalue weighted by atomic mass is 9.97. The minimum absolute atomic E-state index is 0.618. The van der Waals surface area contributed by atoms with Crippen molar-refractivity contribution in [1.82, 2.24) is 0 Å². The zero-order chi connectivity index (χ0) is 15.4. The molecular weight excluding hydrogens is 260 g/mol. The summed E-state index contributed by atoms with van der Waals surface area (Å²) in [5.74, 6) is 1.45. The molecule has 2 aromatic carbocycles. The van der Waals surface area contributed by atoms with Gasteiger partial charge in [-0.15, -0.1) is 0 Å². The number of methoxy groups -OCH3 is 1. The van der Waals surface area contributed by atoms with Crippen LogP contribution in [0.1, 0.15) is 42.2 Å². The molecule has 0 aliphatic rings. The molecule has 2 heteroatoms. The van der Waals surface area contributed by atoms with Gasteiger partial charge in [0.2, 0.25) is 0 Å². The fraction of sp³-hybridized carbons (Fsp3) is 0.368. The van der Waals surface area contributed by atoms with E-state index in [-0.39, 0.29) is 0 Å². The number of aliphatic hydroxyl groups is 1. The van der Waals surface area contributed by atoms with Crippen LogP contribution in [0.25, 0.3) is 0 Å². The van der Waals surface area contributed by atoms with Crippen LogP contribution in [0.5, 0.6) is 5.75 Å². The van der Waals surface area contributed by atoms with E-state index in [0.29, 0.717) is 5.92 Å². The maximum atomic E-state index is 10.5. The Morgan fingerprint density at radius 3 is 2.19 bits per heavy atom. The Bertz CT molecular complexity index is 585. The van der Waals surface area contributed by atoms with Gasteiger partial charge < -0.3 is 9.84 Å². The molecule has 21 heavy (non-hydrogen) atoms. The van der Waals surface area contributed by atoms with Gasteiger partial charge in [0, 0.05) is 0 Å². The predicted octanol–water partition coefficient (Wildman–Crippen LogP) is 4.28. The summed E-state index contributed by atoms with van der Waals surface area (Å²) in [4.78, 5) is 0. The standard InChI is InChI=1S/C19H24O2/c1-13(2)11-15-6-9-16(10-7-15)19(20)17-8-5-14(3)18(12-17)21-4/h5-10,12-13,19-20H,11H2,1-4H3. The molecule has 0 bridgehead atoms. The number of benzene rings is 2. The Kier molecular flexibility index (Phi) is 5.03. The van der Waals surface area contributed by atoms with Crippen molar-refractivity contribution in [2.45, 2.75) is 33.3 Å². The molecule has 0 saturated carbocycles. The SMILES string of the molecule is COc1cc(C(O)c2ccc(CC(C)C)cc2)ccc1C. The second kappa shape index (κ2) is 6.77. The van der Waals surface area contributed by atoms with Gasteiger partial charge >= 0.3 is 0 Å². The topological polar surface area (TPSA) is 29.5 Å². The first-order chi connectivity index (χ1) is 10.0. The largest absolute Gasteiger partial charge is 0.496 e. The van der Waals surface area contributed by atoms with E-state index >= 15 is 0 Å². The van der Waals surface area contributed by atoms with Crippen LogP contribution in [0.2, 0.25) is 0 Å². The quantitative estimate of drug-likeness (QED) is 0.887. The fourth-order valence-corrected chi connectivity index (χ4v) is 2.51. The summed E-state index contributed by atoms with van der Waals surface area (Å²) < 4.78 is 5.32. The van der Waals surface area contributed by atoms with E-state index in [0.717, 1.165) is 28.9 Å². The summed E-state index contributed by atoms with van der Waals surface area (Å²) in [6.07, 6.45) is 0.446. The molecule has 1 atom stereocenters. The number of ether oxygens (including phenoxy) is 1. The van der Waals surface area contributed by atoms with Crippen molar-refractivity contribution in [2.75, 3.05) is 7.11 Å². The minimum Gasteiger partial charge on any atom is -0.496 e. The minimum atomic E-state index is -0.618. The molecule has 1 unspecified atom stereocenters. The summed E-state index contributed by atoms with van der Waals surface area (Å²) in [5, 5.41) is 10.5. The van der Waals surface area contributed by atoms with Gasteiger partial charge in [0.25, 0.3) is 0 Å². The predicted molar refractivity (Wildman–Crippen MR) is 86.8 cm³/mol. The normalized spacial score (nSPS) is 12.5. The average molecular weight is 284 g/mol. The molecule has 0 fully saturated rings. The van der Waals surface area contributed by atoms with E-state index in [1.807, 2.05) is 37.3 Å². The third-order valence-electron chi connectivity index (χ3n) is 3.69. The smallest absolute Gasteiger partial charge is 0.122 e. The maximum absolute atomic E-state index is 10.5. The fourth-order valence-electron chi connectivity index (χ4n) is 2.51. The van der Waals surface area contributed by atoms with Crippen molar-refractivity contribution >= 4 is 0 Å². The van der Waals surface area contributed by atoms with Crippen molar-refractivity contribution in [3.8, 4) is 5.75 Å². The van der Waals surface area contributed by atoms with Crippen LogP contribution in [-0.4, -0.2) is 12.2 Å². The highest BCUT2D eigenvalue weighted by atomic mass is 16.5. The van der Waals surface area contributed by atoms with Crippen molar-refractivity contribution in [2.24, 2.45) is 5.92 Å². The highest BCUT2D eigenvalue weighted by Crippen LogP contribution is 2.27. The molecule has 1 N–H and O–H groups in total. The number of aryl methyl sites for hydroxylation is 1. The maximum Gasteiger partial charge on any atom is 0.122 e. The highest BCUT2D eigenvalue weighted by molar-refractivity contribution is 5.40. The monoisotopic (exact) mass is 284 g/mol. The lowest BCUT2D eigenvalue weighted by molar-refractivity contribution is 0.219. The van der Waals surface area contributed by atoms with Gasteiger partial charge in [-0.1, -0.05) is 50.2 Å². The molecule has 0 amide bonds. The van der Waals surface area contributed by atoms with Gasteiger partial charge in [-0.2, -0.15) is 0 Å². The van der Waals surface area contributed by atoms with Crippen LogP contribution >= 0.6 is 0 Å². The van der Waals surface area contributed by atoms with Crippen LogP contribution in [0.15, 0.2) is 42.5 Å². The van der Waals surface area contributed by atoms with Crippen molar-refractivity contribution in [3.05, 3.63) is 64.7 Å². The number of rotatable bonds is 5. The molecule has 0 heterocycles. The Balaban J connectivity index is 2.21. The van der Waals surface area contributed by atoms with E-state index in [1.54, 1.807) is 7.11 Å². The summed E-state index contributed by atoms with van der Waals surface area (Å²) in [7, 11) is 1.65. The van der Waals surface area contributed by atoms with Crippen molar-refractivity contribution in [1.29, 1.82) is 0 Å².